The van der Waals surface area contributed by atoms with Gasteiger partial charge in [0.05, 0.1) is 12.3 Å². The van der Waals surface area contributed by atoms with Gasteiger partial charge in [0.25, 0.3) is 0 Å². The summed E-state index contributed by atoms with van der Waals surface area (Å²) in [5.74, 6) is 1.11. The van der Waals surface area contributed by atoms with E-state index in [9.17, 15) is 4.79 Å². The molecule has 1 saturated carbocycles. The van der Waals surface area contributed by atoms with Crippen LogP contribution in [0.15, 0.2) is 24.3 Å². The van der Waals surface area contributed by atoms with Gasteiger partial charge in [-0.1, -0.05) is 58.1 Å². The van der Waals surface area contributed by atoms with E-state index in [1.54, 1.807) is 0 Å². The lowest BCUT2D eigenvalue weighted by atomic mass is 9.86. The molecule has 1 fully saturated rings. The fraction of sp³-hybridized carbons (Fsp3) is 0.696. The minimum absolute atomic E-state index is 0. The van der Waals surface area contributed by atoms with Crippen LogP contribution in [-0.4, -0.2) is 31.9 Å². The SMILES string of the molecule is CCCCCCCOc1ccccc1NC(=O)O[C@H]1CCCC[C@@H]1CNCC.Cl. The number of hydrogen-bond acceptors (Lipinski definition) is 4. The summed E-state index contributed by atoms with van der Waals surface area (Å²) < 4.78 is 11.7. The molecule has 0 aromatic heterocycles. The third kappa shape index (κ3) is 9.72. The lowest BCUT2D eigenvalue weighted by Crippen LogP contribution is -2.37. The van der Waals surface area contributed by atoms with E-state index in [-0.39, 0.29) is 24.6 Å². The number of halogens is 1. The molecule has 6 heteroatoms. The highest BCUT2D eigenvalue weighted by Crippen LogP contribution is 2.28. The van der Waals surface area contributed by atoms with Gasteiger partial charge in [0, 0.05) is 12.5 Å². The highest BCUT2D eigenvalue weighted by molar-refractivity contribution is 5.86. The Morgan fingerprint density at radius 1 is 1.07 bits per heavy atom. The van der Waals surface area contributed by atoms with Gasteiger partial charge < -0.3 is 14.8 Å². The first-order chi connectivity index (χ1) is 13.7. The van der Waals surface area contributed by atoms with Gasteiger partial charge in [-0.15, -0.1) is 12.4 Å². The second-order valence-corrected chi connectivity index (χ2v) is 7.68. The summed E-state index contributed by atoms with van der Waals surface area (Å²) in [6, 6.07) is 7.59. The number of benzene rings is 1. The molecule has 0 aliphatic heterocycles. The van der Waals surface area contributed by atoms with E-state index in [1.807, 2.05) is 24.3 Å². The molecule has 1 aliphatic carbocycles. The average Bonchev–Trinajstić information content (AvgIpc) is 2.71. The molecule has 1 aromatic rings. The van der Waals surface area contributed by atoms with E-state index < -0.39 is 0 Å². The quantitative estimate of drug-likeness (QED) is 0.392. The monoisotopic (exact) mass is 426 g/mol. The van der Waals surface area contributed by atoms with Crippen LogP contribution in [0.5, 0.6) is 5.75 Å². The van der Waals surface area contributed by atoms with Gasteiger partial charge in [0.15, 0.2) is 0 Å². The Morgan fingerprint density at radius 3 is 2.62 bits per heavy atom. The molecule has 5 nitrogen and oxygen atoms in total. The van der Waals surface area contributed by atoms with Gasteiger partial charge in [-0.05, 0) is 44.4 Å². The molecule has 0 spiro atoms. The number of rotatable bonds is 12. The van der Waals surface area contributed by atoms with Crippen molar-refractivity contribution in [2.45, 2.75) is 77.7 Å². The van der Waals surface area contributed by atoms with Crippen LogP contribution in [-0.2, 0) is 4.74 Å². The first-order valence-corrected chi connectivity index (χ1v) is 11.1. The van der Waals surface area contributed by atoms with Crippen LogP contribution in [0.25, 0.3) is 0 Å². The number of nitrogens with one attached hydrogen (secondary N) is 2. The number of carbonyl (C=O) groups is 1. The van der Waals surface area contributed by atoms with E-state index >= 15 is 0 Å². The maximum absolute atomic E-state index is 12.5. The molecule has 29 heavy (non-hydrogen) atoms. The van der Waals surface area contributed by atoms with Crippen LogP contribution < -0.4 is 15.4 Å². The van der Waals surface area contributed by atoms with E-state index in [1.165, 1.54) is 32.1 Å². The summed E-state index contributed by atoms with van der Waals surface area (Å²) in [4.78, 5) is 12.5. The third-order valence-electron chi connectivity index (χ3n) is 5.38. The first kappa shape index (κ1) is 25.6. The molecule has 2 N–H and O–H groups in total. The topological polar surface area (TPSA) is 59.6 Å². The Hall–Kier alpha value is -1.46. The molecule has 1 aromatic carbocycles. The summed E-state index contributed by atoms with van der Waals surface area (Å²) >= 11 is 0. The van der Waals surface area contributed by atoms with Crippen molar-refractivity contribution in [2.24, 2.45) is 5.92 Å². The normalized spacial score (nSPS) is 18.6. The maximum atomic E-state index is 12.5. The Kier molecular flexibility index (Phi) is 13.6. The summed E-state index contributed by atoms with van der Waals surface area (Å²) in [5.41, 5.74) is 0.681. The Balaban J connectivity index is 0.00000420. The Morgan fingerprint density at radius 2 is 1.83 bits per heavy atom. The van der Waals surface area contributed by atoms with E-state index in [2.05, 4.69) is 24.5 Å². The molecular weight excluding hydrogens is 388 g/mol. The summed E-state index contributed by atoms with van der Waals surface area (Å²) in [5, 5.41) is 6.28. The maximum Gasteiger partial charge on any atom is 0.412 e. The zero-order chi connectivity index (χ0) is 20.0. The predicted molar refractivity (Wildman–Crippen MR) is 122 cm³/mol. The smallest absolute Gasteiger partial charge is 0.412 e. The summed E-state index contributed by atoms with van der Waals surface area (Å²) in [6.45, 7) is 6.84. The first-order valence-electron chi connectivity index (χ1n) is 11.1. The molecule has 0 radical (unpaired) electrons. The van der Waals surface area contributed by atoms with Crippen LogP contribution in [0.4, 0.5) is 10.5 Å². The zero-order valence-electron chi connectivity index (χ0n) is 18.1. The van der Waals surface area contributed by atoms with Crippen molar-refractivity contribution in [3.8, 4) is 5.75 Å². The van der Waals surface area contributed by atoms with Crippen LogP contribution in [0.2, 0.25) is 0 Å². The molecule has 1 aliphatic rings. The van der Waals surface area contributed by atoms with Crippen LogP contribution in [0.1, 0.15) is 71.6 Å². The highest BCUT2D eigenvalue weighted by Gasteiger charge is 2.28. The molecular formula is C23H39ClN2O3. The molecule has 0 saturated heterocycles. The van der Waals surface area contributed by atoms with Gasteiger partial charge in [0.1, 0.15) is 11.9 Å². The lowest BCUT2D eigenvalue weighted by Gasteiger charge is -2.31. The number of amides is 1. The van der Waals surface area contributed by atoms with Crippen LogP contribution in [0.3, 0.4) is 0 Å². The lowest BCUT2D eigenvalue weighted by molar-refractivity contribution is 0.0459. The number of carbonyl (C=O) groups excluding carboxylic acids is 1. The molecule has 2 rings (SSSR count). The fourth-order valence-corrected chi connectivity index (χ4v) is 3.75. The van der Waals surface area contributed by atoms with Crippen LogP contribution >= 0.6 is 12.4 Å². The number of ether oxygens (including phenoxy) is 2. The number of para-hydroxylation sites is 2. The molecule has 2 atom stereocenters. The number of anilines is 1. The van der Waals surface area contributed by atoms with E-state index in [4.69, 9.17) is 9.47 Å². The molecule has 166 valence electrons. The van der Waals surface area contributed by atoms with Gasteiger partial charge in [-0.3, -0.25) is 5.32 Å². The van der Waals surface area contributed by atoms with Gasteiger partial charge in [-0.2, -0.15) is 0 Å². The number of unbranched alkanes of at least 4 members (excludes halogenated alkanes) is 4. The van der Waals surface area contributed by atoms with Crippen molar-refractivity contribution in [2.75, 3.05) is 25.0 Å². The van der Waals surface area contributed by atoms with Crippen molar-refractivity contribution in [1.82, 2.24) is 5.32 Å². The molecule has 0 unspecified atom stereocenters. The minimum atomic E-state index is -0.382. The average molecular weight is 427 g/mol. The summed E-state index contributed by atoms with van der Waals surface area (Å²) in [7, 11) is 0. The second kappa shape index (κ2) is 15.4. The largest absolute Gasteiger partial charge is 0.491 e. The predicted octanol–water partition coefficient (Wildman–Crippen LogP) is 6.17. The van der Waals surface area contributed by atoms with Crippen molar-refractivity contribution < 1.29 is 14.3 Å². The van der Waals surface area contributed by atoms with Gasteiger partial charge in [0.2, 0.25) is 0 Å². The van der Waals surface area contributed by atoms with E-state index in [0.717, 1.165) is 38.8 Å². The zero-order valence-corrected chi connectivity index (χ0v) is 18.9. The van der Waals surface area contributed by atoms with Crippen LogP contribution in [0, 0.1) is 5.92 Å². The highest BCUT2D eigenvalue weighted by atomic mass is 35.5. The molecule has 0 bridgehead atoms. The second-order valence-electron chi connectivity index (χ2n) is 7.68. The fourth-order valence-electron chi connectivity index (χ4n) is 3.75. The van der Waals surface area contributed by atoms with Crippen molar-refractivity contribution in [1.29, 1.82) is 0 Å². The Bertz CT molecular complexity index is 571. The third-order valence-corrected chi connectivity index (χ3v) is 5.38. The van der Waals surface area contributed by atoms with E-state index in [0.29, 0.717) is 24.0 Å². The molecule has 0 heterocycles. The Labute approximate surface area is 182 Å². The van der Waals surface area contributed by atoms with Gasteiger partial charge in [-0.25, -0.2) is 4.79 Å². The van der Waals surface area contributed by atoms with Gasteiger partial charge >= 0.3 is 6.09 Å². The molecule has 1 amide bonds. The van der Waals surface area contributed by atoms with Crippen molar-refractivity contribution in [3.63, 3.8) is 0 Å². The minimum Gasteiger partial charge on any atom is -0.491 e. The van der Waals surface area contributed by atoms with Crippen molar-refractivity contribution in [3.05, 3.63) is 24.3 Å². The summed E-state index contributed by atoms with van der Waals surface area (Å²) in [6.07, 6.45) is 9.99. The standard InChI is InChI=1S/C23H38N2O3.ClH/c1-3-5-6-7-12-17-27-22-16-11-9-14-20(22)25-23(26)28-21-15-10-8-13-19(21)18-24-4-2;/h9,11,14,16,19,21,24H,3-8,10,12-13,15,17-18H2,1-2H3,(H,25,26);1H/t19-,21+;/m1./s1. The van der Waals surface area contributed by atoms with Crippen molar-refractivity contribution >= 4 is 24.2 Å². The number of hydrogen-bond donors (Lipinski definition) is 2.